The molecule has 3 heterocycles. The first-order chi connectivity index (χ1) is 17.2. The predicted octanol–water partition coefficient (Wildman–Crippen LogP) is 6.05. The lowest BCUT2D eigenvalue weighted by Crippen LogP contribution is -2.29. The van der Waals surface area contributed by atoms with Gasteiger partial charge in [-0.3, -0.25) is 9.69 Å². The summed E-state index contributed by atoms with van der Waals surface area (Å²) in [7, 11) is 2.01. The molecule has 1 aromatic heterocycles. The Hall–Kier alpha value is -3.75. The molecule has 0 spiro atoms. The number of benzene rings is 3. The third kappa shape index (κ3) is 4.15. The van der Waals surface area contributed by atoms with E-state index in [4.69, 9.17) is 4.99 Å². The number of nitrogens with zero attached hydrogens (tertiary/aromatic N) is 5. The van der Waals surface area contributed by atoms with Gasteiger partial charge >= 0.3 is 0 Å². The van der Waals surface area contributed by atoms with Crippen LogP contribution in [0.25, 0.3) is 5.69 Å². The van der Waals surface area contributed by atoms with Gasteiger partial charge in [0.15, 0.2) is 5.17 Å². The topological polar surface area (TPSA) is 53.7 Å². The van der Waals surface area contributed by atoms with Crippen molar-refractivity contribution in [1.82, 2.24) is 14.5 Å². The molecule has 6 nitrogen and oxygen atoms in total. The second kappa shape index (κ2) is 9.13. The fourth-order valence-electron chi connectivity index (χ4n) is 4.05. The predicted molar refractivity (Wildman–Crippen MR) is 143 cm³/mol. The molecule has 0 saturated carbocycles. The molecule has 0 unspecified atom stereocenters. The van der Waals surface area contributed by atoms with Crippen molar-refractivity contribution in [3.63, 3.8) is 0 Å². The number of fused-ring (bicyclic) bond motifs is 1. The molecule has 0 N–H and O–H groups in total. The van der Waals surface area contributed by atoms with Crippen molar-refractivity contribution < 1.29 is 4.79 Å². The van der Waals surface area contributed by atoms with Crippen molar-refractivity contribution in [1.29, 1.82) is 0 Å². The van der Waals surface area contributed by atoms with Crippen LogP contribution in [0.4, 0.5) is 11.4 Å². The third-order valence-electron chi connectivity index (χ3n) is 5.86. The van der Waals surface area contributed by atoms with Crippen LogP contribution >= 0.6 is 23.5 Å². The van der Waals surface area contributed by atoms with E-state index in [-0.39, 0.29) is 5.91 Å². The largest absolute Gasteiger partial charge is 0.337 e. The quantitative estimate of drug-likeness (QED) is 0.323. The van der Waals surface area contributed by atoms with Gasteiger partial charge in [0.2, 0.25) is 0 Å². The van der Waals surface area contributed by atoms with Crippen LogP contribution in [-0.4, -0.2) is 32.6 Å². The Balaban J connectivity index is 1.37. The Bertz CT molecular complexity index is 1450. The maximum atomic E-state index is 13.7. The summed E-state index contributed by atoms with van der Waals surface area (Å²) in [5.41, 5.74) is 3.98. The second-order valence-corrected chi connectivity index (χ2v) is 10.1. The summed E-state index contributed by atoms with van der Waals surface area (Å²) >= 11 is 3.08. The molecule has 6 rings (SSSR count). The smallest absolute Gasteiger partial charge is 0.269 e. The monoisotopic (exact) mass is 495 g/mol. The van der Waals surface area contributed by atoms with Gasteiger partial charge in [0, 0.05) is 30.0 Å². The van der Waals surface area contributed by atoms with Crippen LogP contribution in [0.2, 0.25) is 0 Å². The SMILES string of the molecule is CN1/C(=C2/SC(=Nc3ccc(-n4ccnc4)cc3)N(Cc3ccccc3)C2=O)Sc2ccccc21. The first-order valence-electron chi connectivity index (χ1n) is 11.1. The molecule has 4 aromatic rings. The Labute approximate surface area is 212 Å². The van der Waals surface area contributed by atoms with Gasteiger partial charge in [-0.25, -0.2) is 9.98 Å². The number of hydrogen-bond donors (Lipinski definition) is 0. The number of amidine groups is 1. The molecule has 1 saturated heterocycles. The fraction of sp³-hybridized carbons (Fsp3) is 0.0741. The zero-order valence-corrected chi connectivity index (χ0v) is 20.5. The number of carbonyl (C=O) groups excluding carboxylic acids is 1. The number of rotatable bonds is 4. The molecular formula is C27H21N5OS2. The molecule has 0 aliphatic carbocycles. The average molecular weight is 496 g/mol. The first kappa shape index (κ1) is 21.8. The molecule has 0 radical (unpaired) electrons. The van der Waals surface area contributed by atoms with Crippen molar-refractivity contribution in [3.8, 4) is 5.69 Å². The molecule has 0 atom stereocenters. The molecule has 1 amide bonds. The summed E-state index contributed by atoms with van der Waals surface area (Å²) in [4.78, 5) is 28.5. The van der Waals surface area contributed by atoms with Crippen LogP contribution in [0.1, 0.15) is 5.56 Å². The van der Waals surface area contributed by atoms with E-state index in [0.29, 0.717) is 16.6 Å². The molecule has 2 aliphatic heterocycles. The molecular weight excluding hydrogens is 474 g/mol. The van der Waals surface area contributed by atoms with E-state index in [1.54, 1.807) is 29.2 Å². The standard InChI is InChI=1S/C27H21N5OS2/c1-30-22-9-5-6-10-23(22)34-26(30)24-25(33)32(17-19-7-3-2-4-8-19)27(35-24)29-20-11-13-21(14-12-20)31-16-15-28-18-31/h2-16,18H,17H2,1H3/b26-24-,29-27?. The van der Waals surface area contributed by atoms with Crippen LogP contribution in [0, 0.1) is 0 Å². The summed E-state index contributed by atoms with van der Waals surface area (Å²) in [5.74, 6) is -0.0187. The fourth-order valence-corrected chi connectivity index (χ4v) is 6.39. The molecule has 35 heavy (non-hydrogen) atoms. The highest BCUT2D eigenvalue weighted by Crippen LogP contribution is 2.50. The number of thioether (sulfide) groups is 2. The Morgan fingerprint density at radius 3 is 2.43 bits per heavy atom. The van der Waals surface area contributed by atoms with Crippen LogP contribution in [-0.2, 0) is 11.3 Å². The van der Waals surface area contributed by atoms with Crippen LogP contribution in [0.3, 0.4) is 0 Å². The van der Waals surface area contributed by atoms with E-state index in [2.05, 4.69) is 22.0 Å². The maximum absolute atomic E-state index is 13.7. The number of amides is 1. The van der Waals surface area contributed by atoms with Gasteiger partial charge in [-0.05, 0) is 53.7 Å². The van der Waals surface area contributed by atoms with E-state index in [1.165, 1.54) is 11.8 Å². The first-order valence-corrected chi connectivity index (χ1v) is 12.8. The summed E-state index contributed by atoms with van der Waals surface area (Å²) < 4.78 is 1.94. The summed E-state index contributed by atoms with van der Waals surface area (Å²) in [6, 6.07) is 26.2. The Kier molecular flexibility index (Phi) is 5.67. The van der Waals surface area contributed by atoms with E-state index in [0.717, 1.165) is 32.6 Å². The van der Waals surface area contributed by atoms with Crippen LogP contribution in [0.15, 0.2) is 117 Å². The molecule has 172 valence electrons. The van der Waals surface area contributed by atoms with Gasteiger partial charge < -0.3 is 9.47 Å². The minimum Gasteiger partial charge on any atom is -0.337 e. The number of aromatic nitrogens is 2. The molecule has 0 bridgehead atoms. The van der Waals surface area contributed by atoms with E-state index >= 15 is 0 Å². The van der Waals surface area contributed by atoms with Gasteiger partial charge in [-0.15, -0.1) is 0 Å². The normalized spacial score (nSPS) is 18.5. The number of anilines is 1. The highest BCUT2D eigenvalue weighted by Gasteiger charge is 2.39. The van der Waals surface area contributed by atoms with Crippen molar-refractivity contribution in [2.75, 3.05) is 11.9 Å². The highest BCUT2D eigenvalue weighted by atomic mass is 32.2. The second-order valence-electron chi connectivity index (χ2n) is 8.12. The van der Waals surface area contributed by atoms with Crippen molar-refractivity contribution in [3.05, 3.63) is 113 Å². The van der Waals surface area contributed by atoms with Crippen molar-refractivity contribution in [2.45, 2.75) is 11.4 Å². The number of carbonyl (C=O) groups is 1. The van der Waals surface area contributed by atoms with Gasteiger partial charge in [0.1, 0.15) is 4.91 Å². The molecule has 1 fully saturated rings. The number of aliphatic imine (C=N–C) groups is 1. The van der Waals surface area contributed by atoms with Gasteiger partial charge in [-0.1, -0.05) is 54.2 Å². The van der Waals surface area contributed by atoms with Crippen molar-refractivity contribution in [2.24, 2.45) is 4.99 Å². The van der Waals surface area contributed by atoms with Gasteiger partial charge in [-0.2, -0.15) is 0 Å². The van der Waals surface area contributed by atoms with E-state index < -0.39 is 0 Å². The average Bonchev–Trinajstić information content (AvgIpc) is 3.61. The maximum Gasteiger partial charge on any atom is 0.269 e. The number of imidazole rings is 1. The Morgan fingerprint density at radius 2 is 1.69 bits per heavy atom. The van der Waals surface area contributed by atoms with E-state index in [9.17, 15) is 4.79 Å². The van der Waals surface area contributed by atoms with E-state index in [1.807, 2.05) is 84.5 Å². The lowest BCUT2D eigenvalue weighted by atomic mass is 10.2. The minimum atomic E-state index is -0.0187. The summed E-state index contributed by atoms with van der Waals surface area (Å²) in [5, 5.41) is 1.63. The van der Waals surface area contributed by atoms with Gasteiger partial charge in [0.05, 0.1) is 29.3 Å². The molecule has 3 aromatic carbocycles. The summed E-state index contributed by atoms with van der Waals surface area (Å²) in [6.45, 7) is 0.469. The lowest BCUT2D eigenvalue weighted by molar-refractivity contribution is -0.122. The minimum absolute atomic E-state index is 0.0187. The third-order valence-corrected chi connectivity index (χ3v) is 8.29. The number of para-hydroxylation sites is 1. The summed E-state index contributed by atoms with van der Waals surface area (Å²) in [6.07, 6.45) is 5.42. The zero-order chi connectivity index (χ0) is 23.8. The molecule has 8 heteroatoms. The lowest BCUT2D eigenvalue weighted by Gasteiger charge is -2.17. The Morgan fingerprint density at radius 1 is 0.914 bits per heavy atom. The van der Waals surface area contributed by atoms with Crippen LogP contribution < -0.4 is 4.90 Å². The highest BCUT2D eigenvalue weighted by molar-refractivity contribution is 8.19. The number of hydrogen-bond acceptors (Lipinski definition) is 6. The van der Waals surface area contributed by atoms with Crippen LogP contribution in [0.5, 0.6) is 0 Å². The molecule has 2 aliphatic rings. The zero-order valence-electron chi connectivity index (χ0n) is 18.9. The van der Waals surface area contributed by atoms with Gasteiger partial charge in [0.25, 0.3) is 5.91 Å². The van der Waals surface area contributed by atoms with Crippen molar-refractivity contribution >= 4 is 46.0 Å².